The van der Waals surface area contributed by atoms with E-state index in [1.807, 2.05) is 32.9 Å². The van der Waals surface area contributed by atoms with Gasteiger partial charge in [0.25, 0.3) is 11.6 Å². The highest BCUT2D eigenvalue weighted by Gasteiger charge is 2.22. The van der Waals surface area contributed by atoms with Gasteiger partial charge in [-0.2, -0.15) is 0 Å². The summed E-state index contributed by atoms with van der Waals surface area (Å²) in [7, 11) is 0. The topological polar surface area (TPSA) is 103 Å². The average molecular weight is 399 g/mol. The van der Waals surface area contributed by atoms with Crippen molar-refractivity contribution in [2.75, 3.05) is 18.5 Å². The molecular weight excluding hydrogens is 374 g/mol. The van der Waals surface area contributed by atoms with Gasteiger partial charge in [0, 0.05) is 42.3 Å². The quantitative estimate of drug-likeness (QED) is 0.518. The van der Waals surface area contributed by atoms with Crippen LogP contribution < -0.4 is 20.1 Å². The molecule has 29 heavy (non-hydrogen) atoms. The summed E-state index contributed by atoms with van der Waals surface area (Å²) < 4.78 is 11.5. The molecule has 2 N–H and O–H groups in total. The number of ether oxygens (including phenoxy) is 2. The summed E-state index contributed by atoms with van der Waals surface area (Å²) in [6.45, 7) is 7.04. The van der Waals surface area contributed by atoms with Crippen LogP contribution in [0, 0.1) is 10.1 Å². The molecule has 1 atom stereocenters. The van der Waals surface area contributed by atoms with Crippen molar-refractivity contribution >= 4 is 17.3 Å². The molecule has 2 aromatic rings. The van der Waals surface area contributed by atoms with Gasteiger partial charge in [0.15, 0.2) is 0 Å². The minimum atomic E-state index is -0.499. The fourth-order valence-electron chi connectivity index (χ4n) is 3.35. The van der Waals surface area contributed by atoms with Gasteiger partial charge >= 0.3 is 0 Å². The van der Waals surface area contributed by atoms with Gasteiger partial charge in [-0.15, -0.1) is 0 Å². The van der Waals surface area contributed by atoms with Gasteiger partial charge in [-0.1, -0.05) is 0 Å². The van der Waals surface area contributed by atoms with E-state index in [1.54, 1.807) is 12.1 Å². The first-order valence-electron chi connectivity index (χ1n) is 9.68. The molecule has 1 unspecified atom stereocenters. The SMILES string of the molecule is CCNc1ccc(C(=O)NCc2cc3c(cc2OCC)CC(C)O3)cc1[N+](=O)[O-]. The van der Waals surface area contributed by atoms with E-state index in [9.17, 15) is 14.9 Å². The molecule has 8 nitrogen and oxygen atoms in total. The minimum Gasteiger partial charge on any atom is -0.494 e. The van der Waals surface area contributed by atoms with Gasteiger partial charge < -0.3 is 20.1 Å². The number of hydrogen-bond acceptors (Lipinski definition) is 6. The van der Waals surface area contributed by atoms with Gasteiger partial charge in [-0.25, -0.2) is 0 Å². The molecule has 8 heteroatoms. The number of fused-ring (bicyclic) bond motifs is 1. The largest absolute Gasteiger partial charge is 0.494 e. The molecule has 1 heterocycles. The molecule has 0 spiro atoms. The zero-order chi connectivity index (χ0) is 21.0. The third kappa shape index (κ3) is 4.59. The van der Waals surface area contributed by atoms with E-state index in [2.05, 4.69) is 10.6 Å². The van der Waals surface area contributed by atoms with Crippen molar-refractivity contribution in [2.45, 2.75) is 39.8 Å². The number of carbonyl (C=O) groups is 1. The van der Waals surface area contributed by atoms with Crippen LogP contribution in [-0.2, 0) is 13.0 Å². The predicted octanol–water partition coefficient (Wildman–Crippen LogP) is 3.68. The number of benzene rings is 2. The van der Waals surface area contributed by atoms with E-state index in [1.165, 1.54) is 6.07 Å². The van der Waals surface area contributed by atoms with E-state index < -0.39 is 10.8 Å². The van der Waals surface area contributed by atoms with Crippen LogP contribution in [0.4, 0.5) is 11.4 Å². The molecule has 0 aliphatic carbocycles. The molecule has 0 saturated carbocycles. The van der Waals surface area contributed by atoms with Gasteiger partial charge in [0.1, 0.15) is 23.3 Å². The maximum absolute atomic E-state index is 12.6. The van der Waals surface area contributed by atoms with Crippen molar-refractivity contribution in [1.29, 1.82) is 0 Å². The Morgan fingerprint density at radius 2 is 2.10 bits per heavy atom. The number of nitro benzene ring substituents is 1. The highest BCUT2D eigenvalue weighted by molar-refractivity contribution is 5.95. The summed E-state index contributed by atoms with van der Waals surface area (Å²) in [6.07, 6.45) is 0.934. The third-order valence-corrected chi connectivity index (χ3v) is 4.64. The van der Waals surface area contributed by atoms with Gasteiger partial charge in [-0.05, 0) is 45.0 Å². The van der Waals surface area contributed by atoms with Crippen LogP contribution in [-0.4, -0.2) is 30.1 Å². The zero-order valence-corrected chi connectivity index (χ0v) is 16.8. The molecule has 0 bridgehead atoms. The Balaban J connectivity index is 1.78. The van der Waals surface area contributed by atoms with Gasteiger partial charge in [-0.3, -0.25) is 14.9 Å². The number of amides is 1. The van der Waals surface area contributed by atoms with E-state index in [0.29, 0.717) is 24.6 Å². The second-order valence-corrected chi connectivity index (χ2v) is 6.84. The summed E-state index contributed by atoms with van der Waals surface area (Å²) in [5.74, 6) is 1.11. The first kappa shape index (κ1) is 20.4. The Hall–Kier alpha value is -3.29. The van der Waals surface area contributed by atoms with Crippen LogP contribution in [0.1, 0.15) is 42.3 Å². The predicted molar refractivity (Wildman–Crippen MR) is 110 cm³/mol. The van der Waals surface area contributed by atoms with Crippen LogP contribution in [0.25, 0.3) is 0 Å². The maximum atomic E-state index is 12.6. The summed E-state index contributed by atoms with van der Waals surface area (Å²) in [5, 5.41) is 17.0. The van der Waals surface area contributed by atoms with E-state index in [0.717, 1.165) is 23.3 Å². The lowest BCUT2D eigenvalue weighted by atomic mass is 10.1. The number of hydrogen-bond donors (Lipinski definition) is 2. The van der Waals surface area contributed by atoms with Crippen LogP contribution >= 0.6 is 0 Å². The Bertz CT molecular complexity index is 929. The van der Waals surface area contributed by atoms with E-state index in [4.69, 9.17) is 9.47 Å². The van der Waals surface area contributed by atoms with Crippen molar-refractivity contribution in [1.82, 2.24) is 5.32 Å². The fourth-order valence-corrected chi connectivity index (χ4v) is 3.35. The highest BCUT2D eigenvalue weighted by atomic mass is 16.6. The first-order chi connectivity index (χ1) is 13.9. The number of rotatable bonds is 8. The zero-order valence-electron chi connectivity index (χ0n) is 16.8. The smallest absolute Gasteiger partial charge is 0.293 e. The number of nitrogens with one attached hydrogen (secondary N) is 2. The Labute approximate surface area is 169 Å². The molecule has 0 saturated heterocycles. The number of nitro groups is 1. The second kappa shape index (κ2) is 8.81. The maximum Gasteiger partial charge on any atom is 0.293 e. The van der Waals surface area contributed by atoms with Crippen molar-refractivity contribution < 1.29 is 19.2 Å². The van der Waals surface area contributed by atoms with E-state index >= 15 is 0 Å². The molecule has 0 radical (unpaired) electrons. The Morgan fingerprint density at radius 3 is 2.79 bits per heavy atom. The molecule has 2 aromatic carbocycles. The standard InChI is InChI=1S/C21H25N3O5/c1-4-22-17-7-6-14(9-18(17)24(26)27)21(25)23-12-16-11-20-15(8-13(3)29-20)10-19(16)28-5-2/h6-7,9-11,13,22H,4-5,8,12H2,1-3H3,(H,23,25). The summed E-state index contributed by atoms with van der Waals surface area (Å²) in [6, 6.07) is 8.25. The third-order valence-electron chi connectivity index (χ3n) is 4.64. The van der Waals surface area contributed by atoms with Crippen LogP contribution in [0.2, 0.25) is 0 Å². The van der Waals surface area contributed by atoms with Crippen LogP contribution in [0.3, 0.4) is 0 Å². The number of anilines is 1. The fraction of sp³-hybridized carbons (Fsp3) is 0.381. The van der Waals surface area contributed by atoms with Crippen molar-refractivity contribution in [3.63, 3.8) is 0 Å². The lowest BCUT2D eigenvalue weighted by molar-refractivity contribution is -0.384. The van der Waals surface area contributed by atoms with Crippen molar-refractivity contribution in [2.24, 2.45) is 0 Å². The second-order valence-electron chi connectivity index (χ2n) is 6.84. The molecular formula is C21H25N3O5. The van der Waals surface area contributed by atoms with Crippen molar-refractivity contribution in [3.8, 4) is 11.5 Å². The number of carbonyl (C=O) groups excluding carboxylic acids is 1. The Morgan fingerprint density at radius 1 is 1.31 bits per heavy atom. The molecule has 1 aliphatic heterocycles. The van der Waals surface area contributed by atoms with Gasteiger partial charge in [0.2, 0.25) is 0 Å². The van der Waals surface area contributed by atoms with Gasteiger partial charge in [0.05, 0.1) is 11.5 Å². The molecule has 0 fully saturated rings. The first-order valence-corrected chi connectivity index (χ1v) is 9.68. The summed E-state index contributed by atoms with van der Waals surface area (Å²) >= 11 is 0. The summed E-state index contributed by atoms with van der Waals surface area (Å²) in [4.78, 5) is 23.4. The normalized spacial score (nSPS) is 14.7. The van der Waals surface area contributed by atoms with E-state index in [-0.39, 0.29) is 23.9 Å². The lowest BCUT2D eigenvalue weighted by Gasteiger charge is -2.13. The Kier molecular flexibility index (Phi) is 6.21. The monoisotopic (exact) mass is 399 g/mol. The average Bonchev–Trinajstić information content (AvgIpc) is 3.05. The highest BCUT2D eigenvalue weighted by Crippen LogP contribution is 2.35. The molecule has 1 amide bonds. The molecule has 3 rings (SSSR count). The van der Waals surface area contributed by atoms with Crippen LogP contribution in [0.15, 0.2) is 30.3 Å². The molecule has 154 valence electrons. The van der Waals surface area contributed by atoms with Crippen LogP contribution in [0.5, 0.6) is 11.5 Å². The summed E-state index contributed by atoms with van der Waals surface area (Å²) in [5.41, 5.74) is 2.37. The minimum absolute atomic E-state index is 0.111. The molecule has 0 aromatic heterocycles. The molecule has 1 aliphatic rings. The number of nitrogens with zero attached hydrogens (tertiary/aromatic N) is 1. The van der Waals surface area contributed by atoms with Crippen molar-refractivity contribution in [3.05, 3.63) is 57.1 Å². The lowest BCUT2D eigenvalue weighted by Crippen LogP contribution is -2.23.